The number of fused-ring (bicyclic) bond motifs is 4. The molecule has 0 radical (unpaired) electrons. The van der Waals surface area contributed by atoms with Gasteiger partial charge in [-0.2, -0.15) is 0 Å². The van der Waals surface area contributed by atoms with Crippen molar-refractivity contribution in [2.75, 3.05) is 32.0 Å². The predicted molar refractivity (Wildman–Crippen MR) is 161 cm³/mol. The van der Waals surface area contributed by atoms with E-state index in [2.05, 4.69) is 51.8 Å². The second-order valence-electron chi connectivity index (χ2n) is 12.2. The van der Waals surface area contributed by atoms with Crippen LogP contribution < -0.4 is 11.1 Å². The minimum Gasteiger partial charge on any atom is -0.383 e. The molecule has 2 bridgehead atoms. The Labute approximate surface area is 244 Å². The minimum absolute atomic E-state index is 0.0160. The number of piperidine rings is 1. The van der Waals surface area contributed by atoms with E-state index < -0.39 is 0 Å². The third-order valence-corrected chi connectivity index (χ3v) is 9.53. The Kier molecular flexibility index (Phi) is 6.12. The number of hydrogen-bond acceptors (Lipinski definition) is 7. The van der Waals surface area contributed by atoms with Crippen molar-refractivity contribution in [1.29, 1.82) is 0 Å². The normalized spacial score (nSPS) is 25.0. The van der Waals surface area contributed by atoms with Crippen LogP contribution in [-0.2, 0) is 16.0 Å². The van der Waals surface area contributed by atoms with Crippen LogP contribution in [0.4, 0.5) is 5.82 Å². The first kappa shape index (κ1) is 25.6. The van der Waals surface area contributed by atoms with Gasteiger partial charge in [-0.3, -0.25) is 9.36 Å². The highest BCUT2D eigenvalue weighted by molar-refractivity contribution is 5.87. The van der Waals surface area contributed by atoms with Gasteiger partial charge in [-0.25, -0.2) is 15.0 Å². The number of carbonyl (C=O) groups excluding carboxylic acids is 1. The second-order valence-corrected chi connectivity index (χ2v) is 12.2. The van der Waals surface area contributed by atoms with Crippen molar-refractivity contribution in [2.45, 2.75) is 43.7 Å². The van der Waals surface area contributed by atoms with Gasteiger partial charge in [-0.15, -0.1) is 0 Å². The molecule has 4 aromatic rings. The topological polar surface area (TPSA) is 111 Å². The molecule has 1 amide bonds. The average Bonchev–Trinajstić information content (AvgIpc) is 3.68. The van der Waals surface area contributed by atoms with Gasteiger partial charge in [0, 0.05) is 60.5 Å². The Balaban J connectivity index is 1.13. The van der Waals surface area contributed by atoms with E-state index in [1.165, 1.54) is 30.0 Å². The van der Waals surface area contributed by atoms with Crippen molar-refractivity contribution in [3.05, 3.63) is 78.1 Å². The lowest BCUT2D eigenvalue weighted by Gasteiger charge is -2.48. The molecule has 9 nitrogen and oxygen atoms in total. The van der Waals surface area contributed by atoms with E-state index in [0.29, 0.717) is 44.1 Å². The van der Waals surface area contributed by atoms with Gasteiger partial charge in [0.05, 0.1) is 18.8 Å². The highest BCUT2D eigenvalue weighted by Gasteiger charge is 2.42. The van der Waals surface area contributed by atoms with Gasteiger partial charge in [-0.1, -0.05) is 12.6 Å². The van der Waals surface area contributed by atoms with Crippen molar-refractivity contribution in [2.24, 2.45) is 11.8 Å². The van der Waals surface area contributed by atoms with Gasteiger partial charge in [0.2, 0.25) is 5.91 Å². The van der Waals surface area contributed by atoms with Gasteiger partial charge >= 0.3 is 0 Å². The van der Waals surface area contributed by atoms with Gasteiger partial charge < -0.3 is 20.7 Å². The summed E-state index contributed by atoms with van der Waals surface area (Å²) in [5.74, 6) is 2.34. The van der Waals surface area contributed by atoms with Crippen molar-refractivity contribution in [3.8, 4) is 17.1 Å². The summed E-state index contributed by atoms with van der Waals surface area (Å²) < 4.78 is 8.06. The zero-order valence-electron chi connectivity index (χ0n) is 23.6. The summed E-state index contributed by atoms with van der Waals surface area (Å²) in [5, 5.41) is 4.01. The number of benzene rings is 1. The molecule has 2 aliphatic carbocycles. The number of likely N-dealkylation sites (tertiary alicyclic amines) is 1. The molecule has 4 atom stereocenters. The van der Waals surface area contributed by atoms with E-state index in [0.717, 1.165) is 46.8 Å². The lowest BCUT2D eigenvalue weighted by atomic mass is 9.81. The average molecular weight is 562 g/mol. The van der Waals surface area contributed by atoms with Crippen molar-refractivity contribution in [1.82, 2.24) is 29.7 Å². The Morgan fingerprint density at radius 2 is 1.90 bits per heavy atom. The summed E-state index contributed by atoms with van der Waals surface area (Å²) >= 11 is 0. The maximum absolute atomic E-state index is 12.3. The number of carbonyl (C=O) groups is 1. The molecule has 8 rings (SSSR count). The molecule has 2 saturated heterocycles. The summed E-state index contributed by atoms with van der Waals surface area (Å²) in [4.78, 5) is 28.7. The SMILES string of the molecule is C=CC(=O)N1C[C@H]2COC[C@@H](C1)C2N[C@H]1CCc2cc(-n3c(-c4cccnc4N)nc4ccc(C5CC5)nc43)ccc21. The second kappa shape index (κ2) is 10.0. The van der Waals surface area contributed by atoms with E-state index in [4.69, 9.17) is 20.4 Å². The molecule has 1 unspecified atom stereocenters. The molecule has 2 aliphatic heterocycles. The van der Waals surface area contributed by atoms with Gasteiger partial charge in [0.25, 0.3) is 0 Å². The molecule has 3 fully saturated rings. The fourth-order valence-electron chi connectivity index (χ4n) is 7.28. The van der Waals surface area contributed by atoms with Crippen LogP contribution in [-0.4, -0.2) is 62.7 Å². The Morgan fingerprint density at radius 1 is 1.07 bits per heavy atom. The van der Waals surface area contributed by atoms with Crippen LogP contribution in [0.15, 0.2) is 61.3 Å². The van der Waals surface area contributed by atoms with Gasteiger partial charge in [0.1, 0.15) is 11.3 Å². The van der Waals surface area contributed by atoms with E-state index in [-0.39, 0.29) is 23.8 Å². The number of imidazole rings is 1. The van der Waals surface area contributed by atoms with Crippen LogP contribution in [0.3, 0.4) is 0 Å². The number of hydrogen-bond donors (Lipinski definition) is 2. The highest BCUT2D eigenvalue weighted by atomic mass is 16.5. The summed E-state index contributed by atoms with van der Waals surface area (Å²) in [6.45, 7) is 6.46. The number of rotatable bonds is 6. The van der Waals surface area contributed by atoms with Crippen LogP contribution in [0.2, 0.25) is 0 Å². The molecule has 42 heavy (non-hydrogen) atoms. The minimum atomic E-state index is 0.0160. The number of anilines is 1. The Morgan fingerprint density at radius 3 is 2.67 bits per heavy atom. The van der Waals surface area contributed by atoms with Crippen LogP contribution in [0, 0.1) is 11.8 Å². The number of ether oxygens (including phenoxy) is 1. The van der Waals surface area contributed by atoms with Crippen molar-refractivity contribution < 1.29 is 9.53 Å². The summed E-state index contributed by atoms with van der Waals surface area (Å²) in [6.07, 6.45) is 7.56. The molecule has 5 heterocycles. The Bertz CT molecular complexity index is 1700. The number of aromatic nitrogens is 4. The molecule has 3 aromatic heterocycles. The largest absolute Gasteiger partial charge is 0.383 e. The molecular formula is C33H35N7O2. The standard InChI is InChI=1S/C33H35N7O2/c1-2-29(41)39-15-21-17-42-18-22(16-39)30(21)36-27-10-7-20-14-23(8-9-24(20)27)40-32(25-4-3-13-35-31(25)34)38-28-12-11-26(19-5-6-19)37-33(28)40/h2-4,8-9,11-14,19,21-22,27,30,36H,1,5-7,10,15-18H2,(H2,34,35)/t21-,22+,27-,30?/m0/s1. The monoisotopic (exact) mass is 561 g/mol. The number of nitrogens with one attached hydrogen (secondary N) is 1. The van der Waals surface area contributed by atoms with E-state index in [1.807, 2.05) is 17.0 Å². The summed E-state index contributed by atoms with van der Waals surface area (Å²) in [5.41, 5.74) is 13.7. The van der Waals surface area contributed by atoms with Gasteiger partial charge in [-0.05, 0) is 79.3 Å². The molecule has 0 spiro atoms. The molecule has 9 heteroatoms. The zero-order valence-corrected chi connectivity index (χ0v) is 23.6. The number of pyridine rings is 2. The van der Waals surface area contributed by atoms with Gasteiger partial charge in [0.15, 0.2) is 11.5 Å². The number of amides is 1. The lowest BCUT2D eigenvalue weighted by molar-refractivity contribution is -0.135. The van der Waals surface area contributed by atoms with Crippen LogP contribution in [0.25, 0.3) is 28.2 Å². The number of nitrogens with zero attached hydrogens (tertiary/aromatic N) is 5. The van der Waals surface area contributed by atoms with Crippen molar-refractivity contribution >= 4 is 22.9 Å². The first-order chi connectivity index (χ1) is 20.6. The molecule has 1 aromatic carbocycles. The summed E-state index contributed by atoms with van der Waals surface area (Å²) in [6, 6.07) is 15.4. The number of nitrogen functional groups attached to an aromatic ring is 1. The highest BCUT2D eigenvalue weighted by Crippen LogP contribution is 2.41. The number of aryl methyl sites for hydroxylation is 1. The maximum Gasteiger partial charge on any atom is 0.245 e. The summed E-state index contributed by atoms with van der Waals surface area (Å²) in [7, 11) is 0. The smallest absolute Gasteiger partial charge is 0.245 e. The van der Waals surface area contributed by atoms with Crippen LogP contribution in [0.5, 0.6) is 0 Å². The molecule has 214 valence electrons. The third kappa shape index (κ3) is 4.30. The Hall–Kier alpha value is -4.08. The van der Waals surface area contributed by atoms with Crippen molar-refractivity contribution in [3.63, 3.8) is 0 Å². The fourth-order valence-corrected chi connectivity index (χ4v) is 7.28. The maximum atomic E-state index is 12.3. The first-order valence-electron chi connectivity index (χ1n) is 15.1. The van der Waals surface area contributed by atoms with Crippen LogP contribution >= 0.6 is 0 Å². The first-order valence-corrected chi connectivity index (χ1v) is 15.1. The quantitative estimate of drug-likeness (QED) is 0.340. The third-order valence-electron chi connectivity index (χ3n) is 9.53. The fraction of sp³-hybridized carbons (Fsp3) is 0.394. The van der Waals surface area contributed by atoms with Crippen LogP contribution in [0.1, 0.15) is 48.0 Å². The molecule has 3 N–H and O–H groups in total. The zero-order chi connectivity index (χ0) is 28.4. The van der Waals surface area contributed by atoms with E-state index in [1.54, 1.807) is 6.20 Å². The van der Waals surface area contributed by atoms with E-state index >= 15 is 0 Å². The lowest BCUT2D eigenvalue weighted by Crippen LogP contribution is -2.61. The number of nitrogens with two attached hydrogens (primary N) is 1. The molecule has 4 aliphatic rings. The molecular weight excluding hydrogens is 526 g/mol. The molecule has 1 saturated carbocycles. The van der Waals surface area contributed by atoms with E-state index in [9.17, 15) is 4.79 Å². The predicted octanol–water partition coefficient (Wildman–Crippen LogP) is 4.18.